The summed E-state index contributed by atoms with van der Waals surface area (Å²) in [5.41, 5.74) is 0.0957. The molecule has 0 saturated carbocycles. The summed E-state index contributed by atoms with van der Waals surface area (Å²) in [7, 11) is 0. The molecule has 1 aromatic carbocycles. The number of carboxylic acid groups (broad SMARTS) is 1. The van der Waals surface area contributed by atoms with Crippen LogP contribution in [-0.4, -0.2) is 57.0 Å². The van der Waals surface area contributed by atoms with Crippen LogP contribution in [0.4, 0.5) is 5.69 Å². The molecule has 1 saturated heterocycles. The van der Waals surface area contributed by atoms with Gasteiger partial charge in [0, 0.05) is 5.02 Å². The third-order valence-corrected chi connectivity index (χ3v) is 3.60. The lowest BCUT2D eigenvalue weighted by Crippen LogP contribution is -2.58. The van der Waals surface area contributed by atoms with E-state index in [1.807, 2.05) is 0 Å². The number of hydrogen-bond donors (Lipinski definition) is 5. The molecule has 0 bridgehead atoms. The molecule has 8 heteroatoms. The van der Waals surface area contributed by atoms with Crippen LogP contribution in [-0.2, 0) is 4.74 Å². The Balaban J connectivity index is 2.25. The summed E-state index contributed by atoms with van der Waals surface area (Å²) in [4.78, 5) is 11.2. The zero-order valence-electron chi connectivity index (χ0n) is 11.1. The van der Waals surface area contributed by atoms with E-state index >= 15 is 0 Å². The van der Waals surface area contributed by atoms with Crippen molar-refractivity contribution in [3.63, 3.8) is 0 Å². The van der Waals surface area contributed by atoms with Gasteiger partial charge in [-0.1, -0.05) is 11.6 Å². The molecule has 0 aromatic heterocycles. The molecular formula is C13H16ClNO6. The Morgan fingerprint density at radius 2 is 1.90 bits per heavy atom. The molecule has 7 nitrogen and oxygen atoms in total. The summed E-state index contributed by atoms with van der Waals surface area (Å²) < 4.78 is 5.35. The minimum atomic E-state index is -1.42. The van der Waals surface area contributed by atoms with Gasteiger partial charge >= 0.3 is 5.97 Å². The number of hydrogen-bond acceptors (Lipinski definition) is 6. The zero-order valence-corrected chi connectivity index (χ0v) is 11.9. The highest BCUT2D eigenvalue weighted by Gasteiger charge is 2.42. The van der Waals surface area contributed by atoms with E-state index < -0.39 is 36.6 Å². The molecule has 1 aliphatic rings. The van der Waals surface area contributed by atoms with Crippen molar-refractivity contribution in [2.75, 3.05) is 5.32 Å². The van der Waals surface area contributed by atoms with Gasteiger partial charge < -0.3 is 30.5 Å². The number of aromatic carboxylic acids is 1. The molecule has 0 spiro atoms. The number of carbonyl (C=O) groups is 1. The number of benzene rings is 1. The minimum absolute atomic E-state index is 0.0523. The topological polar surface area (TPSA) is 119 Å². The summed E-state index contributed by atoms with van der Waals surface area (Å²) in [6.45, 7) is 1.53. The molecule has 5 atom stereocenters. The van der Waals surface area contributed by atoms with Crippen molar-refractivity contribution in [3.8, 4) is 0 Å². The molecule has 2 rings (SSSR count). The van der Waals surface area contributed by atoms with E-state index in [9.17, 15) is 20.1 Å². The van der Waals surface area contributed by atoms with Crippen molar-refractivity contribution in [2.45, 2.75) is 37.6 Å². The van der Waals surface area contributed by atoms with Gasteiger partial charge in [-0.2, -0.15) is 0 Å². The number of halogens is 1. The van der Waals surface area contributed by atoms with Crippen LogP contribution in [0.1, 0.15) is 17.3 Å². The van der Waals surface area contributed by atoms with E-state index in [1.165, 1.54) is 25.1 Å². The molecule has 0 amide bonds. The number of nitrogens with one attached hydrogen (secondary N) is 1. The van der Waals surface area contributed by atoms with Crippen LogP contribution in [0.2, 0.25) is 5.02 Å². The maximum Gasteiger partial charge on any atom is 0.337 e. The zero-order chi connectivity index (χ0) is 15.7. The second-order valence-corrected chi connectivity index (χ2v) is 5.31. The van der Waals surface area contributed by atoms with E-state index in [4.69, 9.17) is 21.4 Å². The van der Waals surface area contributed by atoms with Gasteiger partial charge in [0.15, 0.2) is 6.23 Å². The Hall–Kier alpha value is -1.38. The minimum Gasteiger partial charge on any atom is -0.478 e. The number of anilines is 1. The molecule has 0 aliphatic carbocycles. The Morgan fingerprint density at radius 3 is 2.52 bits per heavy atom. The first kappa shape index (κ1) is 16.0. The average Bonchev–Trinajstić information content (AvgIpc) is 2.42. The van der Waals surface area contributed by atoms with E-state index in [2.05, 4.69) is 5.32 Å². The lowest BCUT2D eigenvalue weighted by Gasteiger charge is -2.40. The smallest absolute Gasteiger partial charge is 0.337 e. The van der Waals surface area contributed by atoms with Gasteiger partial charge in [-0.05, 0) is 25.1 Å². The maximum absolute atomic E-state index is 11.2. The summed E-state index contributed by atoms with van der Waals surface area (Å²) >= 11 is 5.83. The van der Waals surface area contributed by atoms with Gasteiger partial charge in [-0.25, -0.2) is 4.79 Å². The van der Waals surface area contributed by atoms with Crippen LogP contribution in [0.5, 0.6) is 0 Å². The largest absolute Gasteiger partial charge is 0.478 e. The molecule has 116 valence electrons. The fraction of sp³-hybridized carbons (Fsp3) is 0.462. The number of carboxylic acids is 1. The van der Waals surface area contributed by atoms with Gasteiger partial charge in [0.05, 0.1) is 17.4 Å². The summed E-state index contributed by atoms with van der Waals surface area (Å²) in [5, 5.41) is 41.4. The van der Waals surface area contributed by atoms with E-state index in [0.29, 0.717) is 5.02 Å². The van der Waals surface area contributed by atoms with Crippen molar-refractivity contribution in [1.82, 2.24) is 0 Å². The third kappa shape index (κ3) is 3.28. The number of rotatable bonds is 3. The first-order valence-electron chi connectivity index (χ1n) is 6.30. The molecule has 1 aromatic rings. The Bertz CT molecular complexity index is 539. The monoisotopic (exact) mass is 317 g/mol. The summed E-state index contributed by atoms with van der Waals surface area (Å²) in [6, 6.07) is 4.12. The lowest BCUT2D eigenvalue weighted by molar-refractivity contribution is -0.209. The van der Waals surface area contributed by atoms with Crippen molar-refractivity contribution in [1.29, 1.82) is 0 Å². The fourth-order valence-corrected chi connectivity index (χ4v) is 2.32. The highest BCUT2D eigenvalue weighted by molar-refractivity contribution is 6.31. The fourth-order valence-electron chi connectivity index (χ4n) is 2.15. The SMILES string of the molecule is C[C@@H]1O[C@H](Nc2cc(Cl)ccc2C(=O)O)[C@H](O)[C@H](O)[C@H]1O. The van der Waals surface area contributed by atoms with E-state index in [1.54, 1.807) is 0 Å². The third-order valence-electron chi connectivity index (χ3n) is 3.36. The van der Waals surface area contributed by atoms with Gasteiger partial charge in [-0.15, -0.1) is 0 Å². The number of aliphatic hydroxyl groups is 3. The lowest BCUT2D eigenvalue weighted by atomic mass is 9.99. The van der Waals surface area contributed by atoms with Crippen LogP contribution in [0.3, 0.4) is 0 Å². The van der Waals surface area contributed by atoms with Crippen molar-refractivity contribution < 1.29 is 30.0 Å². The molecule has 1 fully saturated rings. The standard InChI is InChI=1S/C13H16ClNO6/c1-5-9(16)10(17)11(18)12(21-5)15-8-4-6(14)2-3-7(8)13(19)20/h2-5,9-12,15-18H,1H3,(H,19,20)/t5-,9-,10+,11+,12-/m0/s1. The van der Waals surface area contributed by atoms with Crippen molar-refractivity contribution >= 4 is 23.3 Å². The normalized spacial score (nSPS) is 32.7. The summed E-state index contributed by atoms with van der Waals surface area (Å²) in [5.74, 6) is -1.17. The molecule has 0 unspecified atom stereocenters. The van der Waals surface area contributed by atoms with E-state index in [0.717, 1.165) is 0 Å². The predicted molar refractivity (Wildman–Crippen MR) is 74.4 cm³/mol. The molecule has 21 heavy (non-hydrogen) atoms. The Labute approximate surface area is 125 Å². The number of aliphatic hydroxyl groups excluding tert-OH is 3. The van der Waals surface area contributed by atoms with Crippen molar-refractivity contribution in [2.24, 2.45) is 0 Å². The van der Waals surface area contributed by atoms with Crippen LogP contribution in [0.15, 0.2) is 18.2 Å². The molecule has 1 heterocycles. The van der Waals surface area contributed by atoms with Crippen molar-refractivity contribution in [3.05, 3.63) is 28.8 Å². The van der Waals surface area contributed by atoms with Crippen LogP contribution in [0.25, 0.3) is 0 Å². The Kier molecular flexibility index (Phi) is 4.70. The highest BCUT2D eigenvalue weighted by atomic mass is 35.5. The molecule has 5 N–H and O–H groups in total. The molecule has 1 aliphatic heterocycles. The first-order chi connectivity index (χ1) is 9.81. The quantitative estimate of drug-likeness (QED) is 0.543. The van der Waals surface area contributed by atoms with Gasteiger partial charge in [0.25, 0.3) is 0 Å². The van der Waals surface area contributed by atoms with Gasteiger partial charge in [0.1, 0.15) is 18.3 Å². The number of ether oxygens (including phenoxy) is 1. The molecular weight excluding hydrogens is 302 g/mol. The highest BCUT2D eigenvalue weighted by Crippen LogP contribution is 2.26. The Morgan fingerprint density at radius 1 is 1.24 bits per heavy atom. The predicted octanol–water partition coefficient (Wildman–Crippen LogP) is 0.278. The average molecular weight is 318 g/mol. The maximum atomic E-state index is 11.2. The first-order valence-corrected chi connectivity index (χ1v) is 6.68. The molecule has 0 radical (unpaired) electrons. The second kappa shape index (κ2) is 6.17. The van der Waals surface area contributed by atoms with Gasteiger partial charge in [0.2, 0.25) is 0 Å². The summed E-state index contributed by atoms with van der Waals surface area (Å²) in [6.07, 6.45) is -5.85. The van der Waals surface area contributed by atoms with Crippen LogP contribution < -0.4 is 5.32 Å². The second-order valence-electron chi connectivity index (χ2n) is 4.87. The van der Waals surface area contributed by atoms with Gasteiger partial charge in [-0.3, -0.25) is 0 Å². The van der Waals surface area contributed by atoms with E-state index in [-0.39, 0.29) is 11.3 Å². The van der Waals surface area contributed by atoms with Crippen LogP contribution in [0, 0.1) is 0 Å². The van der Waals surface area contributed by atoms with Crippen LogP contribution >= 0.6 is 11.6 Å².